The summed E-state index contributed by atoms with van der Waals surface area (Å²) in [5.41, 5.74) is 0.283. The average molecular weight is 1090 g/mol. The molecule has 3 N–H and O–H groups in total. The van der Waals surface area contributed by atoms with Crippen LogP contribution < -0.4 is 61.2 Å². The average Bonchev–Trinajstić information content (AvgIpc) is 3.22. The van der Waals surface area contributed by atoms with Crippen molar-refractivity contribution in [2.24, 2.45) is 0 Å². The molecule has 0 aliphatic rings. The van der Waals surface area contributed by atoms with Crippen molar-refractivity contribution in [1.29, 1.82) is 0 Å². The molecule has 0 aliphatic carbocycles. The van der Waals surface area contributed by atoms with Gasteiger partial charge in [-0.25, -0.2) is 0 Å². The van der Waals surface area contributed by atoms with Gasteiger partial charge in [0.25, 0.3) is 0 Å². The van der Waals surface area contributed by atoms with Crippen LogP contribution in [0.5, 0.6) is 0 Å². The quantitative estimate of drug-likeness (QED) is 0.0479. The van der Waals surface area contributed by atoms with Crippen LogP contribution in [-0.4, -0.2) is 63.4 Å². The number of rotatable bonds is 51. The van der Waals surface area contributed by atoms with Crippen molar-refractivity contribution in [3.8, 4) is 0 Å². The van der Waals surface area contributed by atoms with E-state index >= 15 is 0 Å². The van der Waals surface area contributed by atoms with Crippen LogP contribution in [0.25, 0.3) is 0 Å². The molecule has 63 heavy (non-hydrogen) atoms. The van der Waals surface area contributed by atoms with Crippen molar-refractivity contribution in [3.63, 3.8) is 0 Å². The van der Waals surface area contributed by atoms with E-state index in [1.165, 1.54) is 307 Å². The number of nitrogens with zero attached hydrogens (tertiary/aromatic N) is 1. The second kappa shape index (κ2) is 54.3. The number of nitrogens with two attached hydrogens (primary N) is 1. The zero-order chi connectivity index (χ0) is 44.1. The first-order valence-corrected chi connectivity index (χ1v) is 28.7. The van der Waals surface area contributed by atoms with Gasteiger partial charge in [-0.1, -0.05) is 258 Å². The van der Waals surface area contributed by atoms with Gasteiger partial charge >= 0.3 is 0 Å². The Morgan fingerprint density at radius 1 is 0.365 bits per heavy atom. The van der Waals surface area contributed by atoms with E-state index in [-0.39, 0.29) is 56.5 Å². The summed E-state index contributed by atoms with van der Waals surface area (Å²) in [6, 6.07) is 0.725. The minimum atomic E-state index is 0. The lowest BCUT2D eigenvalue weighted by molar-refractivity contribution is -0.950. The van der Waals surface area contributed by atoms with Crippen LogP contribution in [0.15, 0.2) is 0 Å². The van der Waals surface area contributed by atoms with Gasteiger partial charge in [-0.2, -0.15) is 0 Å². The molecule has 2 unspecified atom stereocenters. The van der Waals surface area contributed by atoms with Gasteiger partial charge in [0.05, 0.1) is 34.2 Å². The van der Waals surface area contributed by atoms with E-state index in [2.05, 4.69) is 61.1 Å². The molecule has 0 bridgehead atoms. The summed E-state index contributed by atoms with van der Waals surface area (Å²) in [6.07, 6.45) is 62.4. The number of halogens is 3. The Labute approximate surface area is 432 Å². The molecule has 2 atom stereocenters. The summed E-state index contributed by atoms with van der Waals surface area (Å²) in [6.45, 7) is 17.5. The van der Waals surface area contributed by atoms with Crippen molar-refractivity contribution < 1.29 is 65.6 Å². The lowest BCUT2D eigenvalue weighted by Gasteiger charge is -2.45. The standard InChI is InChI=1S/C57H120N3.3BrH/c1-9-12-15-18-21-24-27-30-33-36-39-42-45-48-51-56(60(7,8)55-50-47-44-41-38-35-32-29-26-23-20-17-14-11-3)57(4,5)58-52-54-59(6)53-49-46-43-40-37-34-31-28-25-22-19-16-13-10-2;;;/h56,58H,9-55H2,1-8H3;3*1H/q+1;;;/p-1. The van der Waals surface area contributed by atoms with E-state index in [1.807, 2.05) is 0 Å². The summed E-state index contributed by atoms with van der Waals surface area (Å²) < 4.78 is 1.21. The van der Waals surface area contributed by atoms with Gasteiger partial charge in [-0.3, -0.25) is 0 Å². The van der Waals surface area contributed by atoms with E-state index in [0.717, 1.165) is 6.04 Å². The van der Waals surface area contributed by atoms with Crippen LogP contribution in [0.1, 0.15) is 311 Å². The second-order valence-corrected chi connectivity index (χ2v) is 21.9. The molecule has 6 heteroatoms. The topological polar surface area (TPSA) is 21.1 Å². The predicted molar refractivity (Wildman–Crippen MR) is 274 cm³/mol. The molecular formula is C57H122Br3N3. The Balaban J connectivity index is -0.00000580. The molecule has 3 nitrogen and oxygen atoms in total. The summed E-state index contributed by atoms with van der Waals surface area (Å²) >= 11 is 0. The zero-order valence-electron chi connectivity index (χ0n) is 45.0. The Morgan fingerprint density at radius 3 is 0.921 bits per heavy atom. The molecule has 0 rings (SSSR count). The molecular weight excluding hydrogens is 966 g/mol. The van der Waals surface area contributed by atoms with Crippen molar-refractivity contribution in [2.75, 3.05) is 47.3 Å². The zero-order valence-corrected chi connectivity index (χ0v) is 49.7. The molecule has 0 heterocycles. The highest BCUT2D eigenvalue weighted by Crippen LogP contribution is 2.25. The maximum atomic E-state index is 2.78. The van der Waals surface area contributed by atoms with Crippen molar-refractivity contribution >= 4 is 0 Å². The third-order valence-electron chi connectivity index (χ3n) is 14.8. The summed E-state index contributed by atoms with van der Waals surface area (Å²) in [5.74, 6) is 0. The first kappa shape index (κ1) is 70.9. The van der Waals surface area contributed by atoms with Gasteiger partial charge in [0, 0.05) is 6.42 Å². The van der Waals surface area contributed by atoms with Crippen LogP contribution in [0.2, 0.25) is 0 Å². The van der Waals surface area contributed by atoms with Crippen molar-refractivity contribution in [3.05, 3.63) is 0 Å². The van der Waals surface area contributed by atoms with E-state index in [0.29, 0.717) is 0 Å². The first-order valence-electron chi connectivity index (χ1n) is 28.7. The number of quaternary nitrogens is 3. The van der Waals surface area contributed by atoms with Crippen LogP contribution >= 0.6 is 0 Å². The highest BCUT2D eigenvalue weighted by molar-refractivity contribution is 4.78. The second-order valence-electron chi connectivity index (χ2n) is 21.9. The minimum absolute atomic E-state index is 0. The molecule has 0 aromatic heterocycles. The predicted octanol–water partition coefficient (Wildman–Crippen LogP) is 7.13. The maximum Gasteiger partial charge on any atom is 0.143 e. The van der Waals surface area contributed by atoms with Crippen molar-refractivity contribution in [1.82, 2.24) is 0 Å². The van der Waals surface area contributed by atoms with Gasteiger partial charge in [0.1, 0.15) is 24.7 Å². The molecule has 0 spiro atoms. The van der Waals surface area contributed by atoms with Crippen LogP contribution in [0, 0.1) is 0 Å². The molecule has 386 valence electrons. The molecule has 0 aromatic carbocycles. The van der Waals surface area contributed by atoms with Gasteiger partial charge in [-0.15, -0.1) is 0 Å². The number of nitrogens with one attached hydrogen (secondary N) is 1. The Bertz CT molecular complexity index is 824. The maximum absolute atomic E-state index is 2.78. The Morgan fingerprint density at radius 2 is 0.619 bits per heavy atom. The summed E-state index contributed by atoms with van der Waals surface area (Å²) in [7, 11) is 7.66. The number of unbranched alkanes of at least 4 members (excludes halogenated alkanes) is 39. The number of hydrogen-bond acceptors (Lipinski definition) is 0. The fourth-order valence-corrected chi connectivity index (χ4v) is 10.6. The number of hydrogen-bond donors (Lipinski definition) is 2. The van der Waals surface area contributed by atoms with Crippen LogP contribution in [0.4, 0.5) is 0 Å². The Hall–Kier alpha value is 1.32. The lowest BCUT2D eigenvalue weighted by Crippen LogP contribution is -3.13. The van der Waals surface area contributed by atoms with E-state index < -0.39 is 0 Å². The van der Waals surface area contributed by atoms with Gasteiger partial charge in [0.15, 0.2) is 0 Å². The normalized spacial score (nSPS) is 12.8. The Kier molecular flexibility index (Phi) is 61.0. The minimum Gasteiger partial charge on any atom is -1.00 e. The van der Waals surface area contributed by atoms with Crippen LogP contribution in [0.3, 0.4) is 0 Å². The molecule has 0 aliphatic heterocycles. The fraction of sp³-hybridized carbons (Fsp3) is 1.00. The molecule has 0 saturated carbocycles. The van der Waals surface area contributed by atoms with Crippen LogP contribution in [-0.2, 0) is 0 Å². The largest absolute Gasteiger partial charge is 1.00 e. The number of likely N-dealkylation sites (N-methyl/N-ethyl adjacent to an activating group) is 2. The van der Waals surface area contributed by atoms with Gasteiger partial charge in [0.2, 0.25) is 0 Å². The van der Waals surface area contributed by atoms with E-state index in [9.17, 15) is 0 Å². The SMILES string of the molecule is CCCCCCCCCCCCCCCCC(C(C)(C)[NH2+]CC[NH+](C)CCCCCCCCCCCCCCCC)[N+](C)(C)CCCCCCCCCCCCCCCC.[Br-].[Br-].[Br-]. The lowest BCUT2D eigenvalue weighted by atomic mass is 9.86. The molecule has 0 radical (unpaired) electrons. The van der Waals surface area contributed by atoms with Gasteiger partial charge in [-0.05, 0) is 46.0 Å². The first-order chi connectivity index (χ1) is 29.2. The third-order valence-corrected chi connectivity index (χ3v) is 14.8. The monoisotopic (exact) mass is 1090 g/mol. The third kappa shape index (κ3) is 49.5. The van der Waals surface area contributed by atoms with Gasteiger partial charge < -0.3 is 65.6 Å². The van der Waals surface area contributed by atoms with Crippen molar-refractivity contribution in [2.45, 2.75) is 322 Å². The smallest absolute Gasteiger partial charge is 0.143 e. The highest BCUT2D eigenvalue weighted by Gasteiger charge is 2.43. The summed E-state index contributed by atoms with van der Waals surface area (Å²) in [4.78, 5) is 1.75. The highest BCUT2D eigenvalue weighted by atomic mass is 79.9. The fourth-order valence-electron chi connectivity index (χ4n) is 10.6. The molecule has 0 amide bonds. The summed E-state index contributed by atoms with van der Waals surface area (Å²) in [5, 5.41) is 2.78. The molecule has 0 fully saturated rings. The van der Waals surface area contributed by atoms with E-state index in [1.54, 1.807) is 4.90 Å². The molecule has 0 saturated heterocycles. The molecule has 0 aromatic rings. The van der Waals surface area contributed by atoms with E-state index in [4.69, 9.17) is 0 Å².